The molecular weight excluding hydrogens is 307 g/mol. The Morgan fingerprint density at radius 1 is 1.14 bits per heavy atom. The van der Waals surface area contributed by atoms with Crippen LogP contribution in [0.2, 0.25) is 10.0 Å². The number of rotatable bonds is 5. The average molecular weight is 325 g/mol. The van der Waals surface area contributed by atoms with Gasteiger partial charge in [0.25, 0.3) is 0 Å². The molecular formula is C15H18Cl2N4. The third-order valence-corrected chi connectivity index (χ3v) is 3.54. The minimum absolute atomic E-state index is 0.272. The van der Waals surface area contributed by atoms with Crippen LogP contribution in [-0.2, 0) is 0 Å². The first-order valence-corrected chi connectivity index (χ1v) is 7.59. The van der Waals surface area contributed by atoms with E-state index in [9.17, 15) is 0 Å². The molecule has 2 N–H and O–H groups in total. The Labute approximate surface area is 134 Å². The van der Waals surface area contributed by atoms with Crippen LogP contribution in [0.25, 0.3) is 0 Å². The smallest absolute Gasteiger partial charge is 0.139 e. The molecule has 0 saturated heterocycles. The van der Waals surface area contributed by atoms with Crippen molar-refractivity contribution in [3.8, 4) is 0 Å². The fraction of sp³-hybridized carbons (Fsp3) is 0.333. The summed E-state index contributed by atoms with van der Waals surface area (Å²) in [5, 5.41) is 7.69. The van der Waals surface area contributed by atoms with Crippen molar-refractivity contribution in [1.82, 2.24) is 9.97 Å². The van der Waals surface area contributed by atoms with E-state index >= 15 is 0 Å². The van der Waals surface area contributed by atoms with Crippen molar-refractivity contribution in [2.24, 2.45) is 0 Å². The number of nitrogens with one attached hydrogen (secondary N) is 2. The van der Waals surface area contributed by atoms with Crippen molar-refractivity contribution in [3.05, 3.63) is 40.1 Å². The minimum Gasteiger partial charge on any atom is -0.370 e. The summed E-state index contributed by atoms with van der Waals surface area (Å²) in [6.07, 6.45) is 1.54. The van der Waals surface area contributed by atoms with E-state index in [4.69, 9.17) is 23.2 Å². The summed E-state index contributed by atoms with van der Waals surface area (Å²) in [4.78, 5) is 8.66. The predicted octanol–water partition coefficient (Wildman–Crippen LogP) is 5.08. The quantitative estimate of drug-likeness (QED) is 0.804. The van der Waals surface area contributed by atoms with Gasteiger partial charge in [-0.15, -0.1) is 0 Å². The van der Waals surface area contributed by atoms with Crippen molar-refractivity contribution in [2.45, 2.75) is 26.7 Å². The van der Waals surface area contributed by atoms with E-state index in [1.807, 2.05) is 13.0 Å². The number of anilines is 3. The van der Waals surface area contributed by atoms with Gasteiger partial charge < -0.3 is 10.6 Å². The molecule has 2 rings (SSSR count). The highest BCUT2D eigenvalue weighted by molar-refractivity contribution is 6.36. The van der Waals surface area contributed by atoms with E-state index in [0.29, 0.717) is 10.0 Å². The second-order valence-electron chi connectivity index (χ2n) is 4.92. The monoisotopic (exact) mass is 324 g/mol. The molecule has 0 unspecified atom stereocenters. The number of benzene rings is 1. The van der Waals surface area contributed by atoms with Gasteiger partial charge in [0.2, 0.25) is 0 Å². The zero-order valence-corrected chi connectivity index (χ0v) is 13.8. The van der Waals surface area contributed by atoms with Gasteiger partial charge in [0, 0.05) is 17.1 Å². The largest absolute Gasteiger partial charge is 0.370 e. The van der Waals surface area contributed by atoms with Gasteiger partial charge >= 0.3 is 0 Å². The van der Waals surface area contributed by atoms with Gasteiger partial charge in [-0.05, 0) is 31.0 Å². The number of halogens is 2. The SMILES string of the molecule is CCNc1ncnc(Nc2ccc(Cl)cc2Cl)c1C(C)C. The zero-order valence-electron chi connectivity index (χ0n) is 12.2. The van der Waals surface area contributed by atoms with E-state index in [-0.39, 0.29) is 5.92 Å². The van der Waals surface area contributed by atoms with E-state index in [1.54, 1.807) is 12.1 Å². The normalized spacial score (nSPS) is 10.8. The van der Waals surface area contributed by atoms with E-state index in [2.05, 4.69) is 34.4 Å². The molecule has 0 spiro atoms. The summed E-state index contributed by atoms with van der Waals surface area (Å²) in [7, 11) is 0. The van der Waals surface area contributed by atoms with Crippen LogP contribution in [0.3, 0.4) is 0 Å². The standard InChI is InChI=1S/C15H18Cl2N4/c1-4-18-14-13(9(2)3)15(20-8-19-14)21-12-6-5-10(16)7-11(12)17/h5-9H,4H2,1-3H3,(H2,18,19,20,21). The highest BCUT2D eigenvalue weighted by atomic mass is 35.5. The lowest BCUT2D eigenvalue weighted by molar-refractivity contribution is 0.849. The van der Waals surface area contributed by atoms with Crippen LogP contribution in [-0.4, -0.2) is 16.5 Å². The Bertz CT molecular complexity index is 629. The summed E-state index contributed by atoms with van der Waals surface area (Å²) in [6.45, 7) is 7.05. The van der Waals surface area contributed by atoms with Crippen molar-refractivity contribution in [1.29, 1.82) is 0 Å². The van der Waals surface area contributed by atoms with Crippen molar-refractivity contribution >= 4 is 40.5 Å². The summed E-state index contributed by atoms with van der Waals surface area (Å²) in [5.74, 6) is 1.86. The van der Waals surface area contributed by atoms with Crippen molar-refractivity contribution < 1.29 is 0 Å². The lowest BCUT2D eigenvalue weighted by Gasteiger charge is -2.18. The van der Waals surface area contributed by atoms with E-state index in [0.717, 1.165) is 29.4 Å². The molecule has 1 heterocycles. The van der Waals surface area contributed by atoms with Gasteiger partial charge in [-0.25, -0.2) is 9.97 Å². The van der Waals surface area contributed by atoms with Crippen LogP contribution >= 0.6 is 23.2 Å². The van der Waals surface area contributed by atoms with Gasteiger partial charge in [-0.3, -0.25) is 0 Å². The van der Waals surface area contributed by atoms with Gasteiger partial charge in [0.1, 0.15) is 18.0 Å². The van der Waals surface area contributed by atoms with Crippen LogP contribution in [0.5, 0.6) is 0 Å². The summed E-state index contributed by atoms with van der Waals surface area (Å²) >= 11 is 12.1. The fourth-order valence-electron chi connectivity index (χ4n) is 2.07. The summed E-state index contributed by atoms with van der Waals surface area (Å²) < 4.78 is 0. The second-order valence-corrected chi connectivity index (χ2v) is 5.76. The van der Waals surface area contributed by atoms with Gasteiger partial charge in [0.05, 0.1) is 10.7 Å². The maximum Gasteiger partial charge on any atom is 0.139 e. The maximum absolute atomic E-state index is 6.21. The molecule has 2 aromatic rings. The average Bonchev–Trinajstić information content (AvgIpc) is 2.42. The Hall–Kier alpha value is -1.52. The minimum atomic E-state index is 0.272. The first-order valence-electron chi connectivity index (χ1n) is 6.83. The van der Waals surface area contributed by atoms with Crippen LogP contribution < -0.4 is 10.6 Å². The third kappa shape index (κ3) is 3.77. The molecule has 0 radical (unpaired) electrons. The van der Waals surface area contributed by atoms with Crippen molar-refractivity contribution in [3.63, 3.8) is 0 Å². The maximum atomic E-state index is 6.21. The molecule has 0 aliphatic rings. The number of aromatic nitrogens is 2. The van der Waals surface area contributed by atoms with Crippen molar-refractivity contribution in [2.75, 3.05) is 17.2 Å². The molecule has 1 aromatic heterocycles. The number of hydrogen-bond acceptors (Lipinski definition) is 4. The first-order chi connectivity index (χ1) is 10.0. The van der Waals surface area contributed by atoms with Gasteiger partial charge in [-0.1, -0.05) is 37.0 Å². The molecule has 1 aromatic carbocycles. The fourth-order valence-corrected chi connectivity index (χ4v) is 2.52. The number of nitrogens with zero attached hydrogens (tertiary/aromatic N) is 2. The number of hydrogen-bond donors (Lipinski definition) is 2. The lowest BCUT2D eigenvalue weighted by Crippen LogP contribution is -2.09. The van der Waals surface area contributed by atoms with E-state index in [1.165, 1.54) is 6.33 Å². The third-order valence-electron chi connectivity index (χ3n) is 2.99. The van der Waals surface area contributed by atoms with Crippen LogP contribution in [0.4, 0.5) is 17.3 Å². The van der Waals surface area contributed by atoms with Crippen LogP contribution in [0.1, 0.15) is 32.3 Å². The highest BCUT2D eigenvalue weighted by Gasteiger charge is 2.15. The Kier molecular flexibility index (Phi) is 5.26. The molecule has 0 aliphatic carbocycles. The first kappa shape index (κ1) is 15.9. The highest BCUT2D eigenvalue weighted by Crippen LogP contribution is 2.33. The Morgan fingerprint density at radius 2 is 1.86 bits per heavy atom. The topological polar surface area (TPSA) is 49.8 Å². The molecule has 0 fully saturated rings. The molecule has 6 heteroatoms. The predicted molar refractivity (Wildman–Crippen MR) is 90.0 cm³/mol. The van der Waals surface area contributed by atoms with E-state index < -0.39 is 0 Å². The molecule has 112 valence electrons. The van der Waals surface area contributed by atoms with Crippen LogP contribution in [0, 0.1) is 0 Å². The van der Waals surface area contributed by atoms with Gasteiger partial charge in [0.15, 0.2) is 0 Å². The molecule has 0 atom stereocenters. The molecule has 0 bridgehead atoms. The Morgan fingerprint density at radius 3 is 2.48 bits per heavy atom. The molecule has 21 heavy (non-hydrogen) atoms. The zero-order chi connectivity index (χ0) is 15.4. The van der Waals surface area contributed by atoms with Gasteiger partial charge in [-0.2, -0.15) is 0 Å². The second kappa shape index (κ2) is 6.96. The Balaban J connectivity index is 2.41. The lowest BCUT2D eigenvalue weighted by atomic mass is 10.0. The van der Waals surface area contributed by atoms with Crippen LogP contribution in [0.15, 0.2) is 24.5 Å². The summed E-state index contributed by atoms with van der Waals surface area (Å²) in [5.41, 5.74) is 1.80. The molecule has 0 aliphatic heterocycles. The summed E-state index contributed by atoms with van der Waals surface area (Å²) in [6, 6.07) is 5.33. The molecule has 0 amide bonds. The molecule has 4 nitrogen and oxygen atoms in total. The molecule has 0 saturated carbocycles.